The van der Waals surface area contributed by atoms with E-state index in [1.54, 1.807) is 0 Å². The Morgan fingerprint density at radius 2 is 2.19 bits per heavy atom. The van der Waals surface area contributed by atoms with Crippen LogP contribution in [0.4, 0.5) is 5.69 Å². The van der Waals surface area contributed by atoms with Crippen LogP contribution in [0.5, 0.6) is 0 Å². The smallest absolute Gasteiger partial charge is 0.303 e. The van der Waals surface area contributed by atoms with E-state index in [0.29, 0.717) is 6.04 Å². The number of nitrogens with zero attached hydrogens (tertiary/aromatic N) is 2. The van der Waals surface area contributed by atoms with Gasteiger partial charge in [-0.1, -0.05) is 12.1 Å². The molecule has 21 heavy (non-hydrogen) atoms. The van der Waals surface area contributed by atoms with Gasteiger partial charge < -0.3 is 10.0 Å². The van der Waals surface area contributed by atoms with Crippen molar-refractivity contribution >= 4 is 11.7 Å². The molecule has 0 spiro atoms. The molecule has 1 unspecified atom stereocenters. The first-order valence-electron chi connectivity index (χ1n) is 7.81. The molecule has 116 valence electrons. The molecule has 0 radical (unpaired) electrons. The Morgan fingerprint density at radius 3 is 2.90 bits per heavy atom. The van der Waals surface area contributed by atoms with Crippen molar-refractivity contribution in [1.82, 2.24) is 4.90 Å². The second kappa shape index (κ2) is 7.46. The van der Waals surface area contributed by atoms with Gasteiger partial charge in [-0.05, 0) is 56.5 Å². The van der Waals surface area contributed by atoms with Crippen LogP contribution in [0.3, 0.4) is 0 Å². The van der Waals surface area contributed by atoms with Crippen molar-refractivity contribution in [1.29, 1.82) is 0 Å². The van der Waals surface area contributed by atoms with E-state index in [9.17, 15) is 4.79 Å². The van der Waals surface area contributed by atoms with Gasteiger partial charge in [0.2, 0.25) is 0 Å². The van der Waals surface area contributed by atoms with Gasteiger partial charge in [-0.2, -0.15) is 0 Å². The standard InChI is InChI=1S/C17H26N2O2/c1-18(2)15-8-5-7-14(13-15)16-9-6-12-19(16)11-4-3-10-17(20)21/h5,7-8,13,16H,3-4,6,9-12H2,1-2H3,(H,20,21). The second-order valence-electron chi connectivity index (χ2n) is 6.03. The summed E-state index contributed by atoms with van der Waals surface area (Å²) in [6, 6.07) is 9.25. The van der Waals surface area contributed by atoms with Crippen molar-refractivity contribution in [3.05, 3.63) is 29.8 Å². The molecule has 0 aliphatic carbocycles. The summed E-state index contributed by atoms with van der Waals surface area (Å²) in [6.07, 6.45) is 4.46. The minimum Gasteiger partial charge on any atom is -0.481 e. The van der Waals surface area contributed by atoms with E-state index in [1.807, 2.05) is 0 Å². The molecule has 1 heterocycles. The molecular weight excluding hydrogens is 264 g/mol. The number of carboxylic acids is 1. The molecule has 2 rings (SSSR count). The topological polar surface area (TPSA) is 43.8 Å². The Bertz CT molecular complexity index is 474. The zero-order chi connectivity index (χ0) is 15.2. The Balaban J connectivity index is 1.94. The van der Waals surface area contributed by atoms with E-state index in [-0.39, 0.29) is 6.42 Å². The van der Waals surface area contributed by atoms with E-state index >= 15 is 0 Å². The Morgan fingerprint density at radius 1 is 1.38 bits per heavy atom. The average molecular weight is 290 g/mol. The molecule has 1 aromatic rings. The summed E-state index contributed by atoms with van der Waals surface area (Å²) >= 11 is 0. The molecule has 0 bridgehead atoms. The molecule has 1 N–H and O–H groups in total. The van der Waals surface area contributed by atoms with Crippen LogP contribution < -0.4 is 4.90 Å². The van der Waals surface area contributed by atoms with Gasteiger partial charge in [0.25, 0.3) is 0 Å². The molecule has 4 nitrogen and oxygen atoms in total. The minimum absolute atomic E-state index is 0.286. The van der Waals surface area contributed by atoms with Crippen LogP contribution in [-0.2, 0) is 4.79 Å². The lowest BCUT2D eigenvalue weighted by atomic mass is 10.0. The second-order valence-corrected chi connectivity index (χ2v) is 6.03. The van der Waals surface area contributed by atoms with Crippen molar-refractivity contribution in [2.24, 2.45) is 0 Å². The van der Waals surface area contributed by atoms with Gasteiger partial charge in [0.1, 0.15) is 0 Å². The van der Waals surface area contributed by atoms with E-state index in [1.165, 1.54) is 24.1 Å². The number of unbranched alkanes of at least 4 members (excludes halogenated alkanes) is 1. The van der Waals surface area contributed by atoms with Crippen molar-refractivity contribution in [3.63, 3.8) is 0 Å². The third-order valence-corrected chi connectivity index (χ3v) is 4.22. The lowest BCUT2D eigenvalue weighted by Gasteiger charge is -2.25. The number of rotatable bonds is 7. The number of anilines is 1. The van der Waals surface area contributed by atoms with Gasteiger partial charge >= 0.3 is 5.97 Å². The fourth-order valence-corrected chi connectivity index (χ4v) is 3.07. The Labute approximate surface area is 127 Å². The highest BCUT2D eigenvalue weighted by Gasteiger charge is 2.25. The Kier molecular flexibility index (Phi) is 5.62. The van der Waals surface area contributed by atoms with Gasteiger partial charge in [0.05, 0.1) is 0 Å². The van der Waals surface area contributed by atoms with Crippen LogP contribution in [0.25, 0.3) is 0 Å². The molecule has 0 aromatic heterocycles. The largest absolute Gasteiger partial charge is 0.481 e. The zero-order valence-electron chi connectivity index (χ0n) is 13.1. The summed E-state index contributed by atoms with van der Waals surface area (Å²) in [7, 11) is 4.13. The lowest BCUT2D eigenvalue weighted by molar-refractivity contribution is -0.137. The SMILES string of the molecule is CN(C)c1cccc(C2CCCN2CCCCC(=O)O)c1. The van der Waals surface area contributed by atoms with Crippen LogP contribution in [0.15, 0.2) is 24.3 Å². The molecular formula is C17H26N2O2. The number of benzene rings is 1. The number of aliphatic carboxylic acids is 1. The van der Waals surface area contributed by atoms with Crippen LogP contribution in [0, 0.1) is 0 Å². The summed E-state index contributed by atoms with van der Waals surface area (Å²) in [5.74, 6) is -0.688. The first-order chi connectivity index (χ1) is 10.1. The third kappa shape index (κ3) is 4.46. The maximum atomic E-state index is 10.6. The minimum atomic E-state index is -0.688. The number of carboxylic acid groups (broad SMARTS) is 1. The van der Waals surface area contributed by atoms with E-state index in [0.717, 1.165) is 25.9 Å². The van der Waals surface area contributed by atoms with Gasteiger partial charge in [-0.3, -0.25) is 9.69 Å². The summed E-state index contributed by atoms with van der Waals surface area (Å²) in [5, 5.41) is 8.70. The average Bonchev–Trinajstić information content (AvgIpc) is 2.92. The predicted molar refractivity (Wildman–Crippen MR) is 85.8 cm³/mol. The zero-order valence-corrected chi connectivity index (χ0v) is 13.1. The molecule has 4 heteroatoms. The highest BCUT2D eigenvalue weighted by Crippen LogP contribution is 2.33. The summed E-state index contributed by atoms with van der Waals surface area (Å²) < 4.78 is 0. The van der Waals surface area contributed by atoms with Crippen molar-refractivity contribution in [3.8, 4) is 0 Å². The maximum absolute atomic E-state index is 10.6. The number of likely N-dealkylation sites (tertiary alicyclic amines) is 1. The van der Waals surface area contributed by atoms with E-state index < -0.39 is 5.97 Å². The monoisotopic (exact) mass is 290 g/mol. The highest BCUT2D eigenvalue weighted by molar-refractivity contribution is 5.66. The fourth-order valence-electron chi connectivity index (χ4n) is 3.07. The van der Waals surface area contributed by atoms with E-state index in [2.05, 4.69) is 48.2 Å². The van der Waals surface area contributed by atoms with Crippen LogP contribution >= 0.6 is 0 Å². The van der Waals surface area contributed by atoms with E-state index in [4.69, 9.17) is 5.11 Å². The number of hydrogen-bond acceptors (Lipinski definition) is 3. The quantitative estimate of drug-likeness (QED) is 0.784. The van der Waals surface area contributed by atoms with Gasteiger partial charge in [0, 0.05) is 32.2 Å². The van der Waals surface area contributed by atoms with Gasteiger partial charge in [-0.25, -0.2) is 0 Å². The molecule has 1 fully saturated rings. The molecule has 0 saturated carbocycles. The van der Waals surface area contributed by atoms with Crippen LogP contribution in [0.2, 0.25) is 0 Å². The van der Waals surface area contributed by atoms with Gasteiger partial charge in [-0.15, -0.1) is 0 Å². The number of carbonyl (C=O) groups is 1. The summed E-state index contributed by atoms with van der Waals surface area (Å²) in [4.78, 5) is 15.2. The van der Waals surface area contributed by atoms with Crippen molar-refractivity contribution in [2.45, 2.75) is 38.1 Å². The molecule has 1 aliphatic heterocycles. The Hall–Kier alpha value is -1.55. The summed E-state index contributed by atoms with van der Waals surface area (Å²) in [5.41, 5.74) is 2.63. The number of hydrogen-bond donors (Lipinski definition) is 1. The molecule has 1 aromatic carbocycles. The highest BCUT2D eigenvalue weighted by atomic mass is 16.4. The summed E-state index contributed by atoms with van der Waals surface area (Å²) in [6.45, 7) is 2.13. The lowest BCUT2D eigenvalue weighted by Crippen LogP contribution is -2.24. The molecule has 1 saturated heterocycles. The molecule has 1 aliphatic rings. The van der Waals surface area contributed by atoms with Crippen molar-refractivity contribution in [2.75, 3.05) is 32.1 Å². The van der Waals surface area contributed by atoms with Crippen LogP contribution in [-0.4, -0.2) is 43.2 Å². The normalized spacial score (nSPS) is 18.9. The molecule has 1 atom stereocenters. The first kappa shape index (κ1) is 15.8. The van der Waals surface area contributed by atoms with Crippen LogP contribution in [0.1, 0.15) is 43.7 Å². The maximum Gasteiger partial charge on any atom is 0.303 e. The first-order valence-corrected chi connectivity index (χ1v) is 7.81. The third-order valence-electron chi connectivity index (χ3n) is 4.22. The fraction of sp³-hybridized carbons (Fsp3) is 0.588. The predicted octanol–water partition coefficient (Wildman–Crippen LogP) is 3.14. The van der Waals surface area contributed by atoms with Crippen molar-refractivity contribution < 1.29 is 9.90 Å². The van der Waals surface area contributed by atoms with Gasteiger partial charge in [0.15, 0.2) is 0 Å². The molecule has 0 amide bonds.